The van der Waals surface area contributed by atoms with Crippen molar-refractivity contribution in [2.24, 2.45) is 0 Å². The van der Waals surface area contributed by atoms with Gasteiger partial charge in [0, 0.05) is 24.5 Å². The van der Waals surface area contributed by atoms with Crippen LogP contribution in [0.1, 0.15) is 12.0 Å². The normalized spacial score (nSPS) is 17.1. The number of likely N-dealkylation sites (N-methyl/N-ethyl adjacent to an activating group) is 1. The number of fused-ring (bicyclic) bond motifs is 1. The van der Waals surface area contributed by atoms with Gasteiger partial charge in [-0.2, -0.15) is 0 Å². The van der Waals surface area contributed by atoms with Crippen molar-refractivity contribution in [2.45, 2.75) is 19.4 Å². The third-order valence-electron chi connectivity index (χ3n) is 5.01. The summed E-state index contributed by atoms with van der Waals surface area (Å²) in [6, 6.07) is 8.91. The Morgan fingerprint density at radius 1 is 1.21 bits per heavy atom. The van der Waals surface area contributed by atoms with Crippen LogP contribution in [0.25, 0.3) is 10.9 Å². The van der Waals surface area contributed by atoms with Crippen molar-refractivity contribution in [3.8, 4) is 11.5 Å². The molecule has 1 saturated heterocycles. The third kappa shape index (κ3) is 3.57. The second-order valence-corrected chi connectivity index (χ2v) is 7.09. The van der Waals surface area contributed by atoms with Crippen LogP contribution >= 0.6 is 0 Å². The molecule has 1 aliphatic heterocycles. The summed E-state index contributed by atoms with van der Waals surface area (Å²) < 4.78 is 26.1. The Morgan fingerprint density at radius 2 is 2.07 bits per heavy atom. The summed E-state index contributed by atoms with van der Waals surface area (Å²) >= 11 is 0. The number of hydrogen-bond donors (Lipinski definition) is 1. The zero-order valence-electron chi connectivity index (χ0n) is 16.2. The zero-order chi connectivity index (χ0) is 19.7. The SMILES string of the molecule is COc1cc2ncnc(Nc3cccc(C)c3F)c2cc1O[C@@H]1CCN(C)C1. The largest absolute Gasteiger partial charge is 0.493 e. The van der Waals surface area contributed by atoms with Gasteiger partial charge in [0.1, 0.15) is 24.1 Å². The minimum atomic E-state index is -0.298. The van der Waals surface area contributed by atoms with Crippen LogP contribution in [0.15, 0.2) is 36.7 Å². The molecule has 0 bridgehead atoms. The molecule has 3 aromatic rings. The Balaban J connectivity index is 1.73. The quantitative estimate of drug-likeness (QED) is 0.722. The standard InChI is InChI=1S/C21H23FN4O2/c1-13-5-4-6-16(20(13)22)25-21-15-9-19(28-14-7-8-26(2)11-14)18(27-3)10-17(15)23-12-24-21/h4-6,9-10,12,14H,7-8,11H2,1-3H3,(H,23,24,25)/t14-/m1/s1. The van der Waals surface area contributed by atoms with Crippen molar-refractivity contribution in [1.82, 2.24) is 14.9 Å². The van der Waals surface area contributed by atoms with E-state index in [1.807, 2.05) is 12.1 Å². The molecule has 1 atom stereocenters. The van der Waals surface area contributed by atoms with Gasteiger partial charge in [0.05, 0.1) is 18.3 Å². The Morgan fingerprint density at radius 3 is 2.82 bits per heavy atom. The molecule has 0 spiro atoms. The molecule has 1 aliphatic rings. The zero-order valence-corrected chi connectivity index (χ0v) is 16.2. The van der Waals surface area contributed by atoms with Gasteiger partial charge in [-0.3, -0.25) is 0 Å². The number of benzene rings is 2. The van der Waals surface area contributed by atoms with Gasteiger partial charge in [-0.25, -0.2) is 14.4 Å². The lowest BCUT2D eigenvalue weighted by Gasteiger charge is -2.18. The van der Waals surface area contributed by atoms with E-state index < -0.39 is 0 Å². The van der Waals surface area contributed by atoms with E-state index in [0.717, 1.165) is 24.9 Å². The highest BCUT2D eigenvalue weighted by Gasteiger charge is 2.23. The Labute approximate surface area is 163 Å². The van der Waals surface area contributed by atoms with Crippen molar-refractivity contribution in [3.63, 3.8) is 0 Å². The Hall–Kier alpha value is -2.93. The molecular weight excluding hydrogens is 359 g/mol. The molecule has 1 fully saturated rings. The molecular formula is C21H23FN4O2. The van der Waals surface area contributed by atoms with Gasteiger partial charge in [0.2, 0.25) is 0 Å². The predicted octanol–water partition coefficient (Wildman–Crippen LogP) is 3.91. The van der Waals surface area contributed by atoms with E-state index in [1.54, 1.807) is 32.2 Å². The monoisotopic (exact) mass is 382 g/mol. The van der Waals surface area contributed by atoms with Crippen LogP contribution in [0, 0.1) is 12.7 Å². The molecule has 0 amide bonds. The van der Waals surface area contributed by atoms with Crippen molar-refractivity contribution < 1.29 is 13.9 Å². The van der Waals surface area contributed by atoms with Gasteiger partial charge in [-0.05, 0) is 38.1 Å². The summed E-state index contributed by atoms with van der Waals surface area (Å²) in [5, 5.41) is 3.83. The molecule has 1 N–H and O–H groups in total. The number of rotatable bonds is 5. The van der Waals surface area contributed by atoms with E-state index in [1.165, 1.54) is 6.33 Å². The van der Waals surface area contributed by atoms with Crippen molar-refractivity contribution in [1.29, 1.82) is 0 Å². The second kappa shape index (κ2) is 7.59. The molecule has 0 saturated carbocycles. The first-order valence-corrected chi connectivity index (χ1v) is 9.25. The highest BCUT2D eigenvalue weighted by Crippen LogP contribution is 2.36. The number of nitrogens with one attached hydrogen (secondary N) is 1. The first-order chi connectivity index (χ1) is 13.5. The van der Waals surface area contributed by atoms with Crippen LogP contribution in [0.5, 0.6) is 11.5 Å². The van der Waals surface area contributed by atoms with Gasteiger partial charge in [0.15, 0.2) is 11.5 Å². The minimum Gasteiger partial charge on any atom is -0.493 e. The minimum absolute atomic E-state index is 0.103. The fourth-order valence-electron chi connectivity index (χ4n) is 3.46. The Kier molecular flexibility index (Phi) is 5.00. The smallest absolute Gasteiger partial charge is 0.162 e. The number of nitrogens with zero attached hydrogens (tertiary/aromatic N) is 3. The maximum absolute atomic E-state index is 14.4. The fourth-order valence-corrected chi connectivity index (χ4v) is 3.46. The first-order valence-electron chi connectivity index (χ1n) is 9.25. The van der Waals surface area contributed by atoms with Crippen molar-refractivity contribution >= 4 is 22.4 Å². The molecule has 28 heavy (non-hydrogen) atoms. The summed E-state index contributed by atoms with van der Waals surface area (Å²) in [4.78, 5) is 10.9. The van der Waals surface area contributed by atoms with Crippen LogP contribution in [0.2, 0.25) is 0 Å². The molecule has 0 aliphatic carbocycles. The molecule has 146 valence electrons. The predicted molar refractivity (Wildman–Crippen MR) is 107 cm³/mol. The van der Waals surface area contributed by atoms with Gasteiger partial charge >= 0.3 is 0 Å². The first kappa shape index (κ1) is 18.4. The van der Waals surface area contributed by atoms with Gasteiger partial charge in [0.25, 0.3) is 0 Å². The number of likely N-dealkylation sites (tertiary alicyclic amines) is 1. The average molecular weight is 382 g/mol. The third-order valence-corrected chi connectivity index (χ3v) is 5.01. The molecule has 0 unspecified atom stereocenters. The number of aromatic nitrogens is 2. The number of methoxy groups -OCH3 is 1. The van der Waals surface area contributed by atoms with E-state index in [0.29, 0.717) is 34.1 Å². The molecule has 7 heteroatoms. The van der Waals surface area contributed by atoms with Crippen LogP contribution in [-0.4, -0.2) is 48.2 Å². The lowest BCUT2D eigenvalue weighted by atomic mass is 10.1. The van der Waals surface area contributed by atoms with E-state index in [4.69, 9.17) is 9.47 Å². The average Bonchev–Trinajstić information content (AvgIpc) is 3.10. The highest BCUT2D eigenvalue weighted by atomic mass is 19.1. The fraction of sp³-hybridized carbons (Fsp3) is 0.333. The van der Waals surface area contributed by atoms with Crippen LogP contribution in [0.4, 0.5) is 15.9 Å². The number of halogens is 1. The van der Waals surface area contributed by atoms with Gasteiger partial charge in [-0.15, -0.1) is 0 Å². The van der Waals surface area contributed by atoms with E-state index in [9.17, 15) is 4.39 Å². The Bertz CT molecular complexity index is 1010. The molecule has 6 nitrogen and oxygen atoms in total. The van der Waals surface area contributed by atoms with Crippen molar-refractivity contribution in [3.05, 3.63) is 48.0 Å². The van der Waals surface area contributed by atoms with E-state index >= 15 is 0 Å². The molecule has 4 rings (SSSR count). The summed E-state index contributed by atoms with van der Waals surface area (Å²) in [7, 11) is 3.69. The number of ether oxygens (including phenoxy) is 2. The number of hydrogen-bond acceptors (Lipinski definition) is 6. The number of aryl methyl sites for hydroxylation is 1. The van der Waals surface area contributed by atoms with Crippen LogP contribution in [-0.2, 0) is 0 Å². The van der Waals surface area contributed by atoms with Crippen molar-refractivity contribution in [2.75, 3.05) is 32.6 Å². The number of anilines is 2. The van der Waals surface area contributed by atoms with Gasteiger partial charge in [-0.1, -0.05) is 12.1 Å². The van der Waals surface area contributed by atoms with Gasteiger partial charge < -0.3 is 19.7 Å². The van der Waals surface area contributed by atoms with E-state index in [2.05, 4.69) is 27.2 Å². The maximum atomic E-state index is 14.4. The summed E-state index contributed by atoms with van der Waals surface area (Å²) in [6.07, 6.45) is 2.51. The maximum Gasteiger partial charge on any atom is 0.162 e. The van der Waals surface area contributed by atoms with Crippen LogP contribution < -0.4 is 14.8 Å². The summed E-state index contributed by atoms with van der Waals surface area (Å²) in [6.45, 7) is 3.60. The molecule has 0 radical (unpaired) electrons. The summed E-state index contributed by atoms with van der Waals surface area (Å²) in [5.74, 6) is 1.48. The van der Waals surface area contributed by atoms with Crippen LogP contribution in [0.3, 0.4) is 0 Å². The van der Waals surface area contributed by atoms with E-state index in [-0.39, 0.29) is 11.9 Å². The lowest BCUT2D eigenvalue weighted by molar-refractivity contribution is 0.200. The molecule has 2 heterocycles. The molecule has 1 aromatic heterocycles. The summed E-state index contributed by atoms with van der Waals surface area (Å²) in [5.41, 5.74) is 1.63. The topological polar surface area (TPSA) is 59.5 Å². The highest BCUT2D eigenvalue weighted by molar-refractivity contribution is 5.93. The lowest BCUT2D eigenvalue weighted by Crippen LogP contribution is -2.21. The second-order valence-electron chi connectivity index (χ2n) is 7.09. The molecule has 2 aromatic carbocycles.